The Bertz CT molecular complexity index is 374. The van der Waals surface area contributed by atoms with Crippen molar-refractivity contribution < 1.29 is 0 Å². The summed E-state index contributed by atoms with van der Waals surface area (Å²) in [6.07, 6.45) is 4.06. The molecule has 2 unspecified atom stereocenters. The molecule has 0 radical (unpaired) electrons. The third kappa shape index (κ3) is 4.60. The van der Waals surface area contributed by atoms with E-state index in [9.17, 15) is 0 Å². The van der Waals surface area contributed by atoms with Crippen LogP contribution in [-0.4, -0.2) is 30.6 Å². The van der Waals surface area contributed by atoms with Crippen LogP contribution in [0, 0.1) is 5.92 Å². The van der Waals surface area contributed by atoms with Crippen LogP contribution in [0.2, 0.25) is 0 Å². The smallest absolute Gasteiger partial charge is 0.0472 e. The van der Waals surface area contributed by atoms with E-state index in [1.165, 1.54) is 37.9 Å². The predicted molar refractivity (Wildman–Crippen MR) is 86.9 cm³/mol. The SMILES string of the molecule is CC1CCCN(C(CNC(C)C)c2ccccc2)CC1. The van der Waals surface area contributed by atoms with E-state index in [-0.39, 0.29) is 0 Å². The van der Waals surface area contributed by atoms with Gasteiger partial charge >= 0.3 is 0 Å². The van der Waals surface area contributed by atoms with E-state index in [1.54, 1.807) is 0 Å². The van der Waals surface area contributed by atoms with Crippen LogP contribution in [0.25, 0.3) is 0 Å². The molecule has 2 atom stereocenters. The summed E-state index contributed by atoms with van der Waals surface area (Å²) in [4.78, 5) is 2.69. The summed E-state index contributed by atoms with van der Waals surface area (Å²) in [5.74, 6) is 0.884. The van der Waals surface area contributed by atoms with Crippen LogP contribution < -0.4 is 5.32 Å². The molecule has 0 spiro atoms. The van der Waals surface area contributed by atoms with Gasteiger partial charge in [0.2, 0.25) is 0 Å². The van der Waals surface area contributed by atoms with Crippen molar-refractivity contribution in [2.45, 2.75) is 52.1 Å². The molecule has 1 saturated heterocycles. The van der Waals surface area contributed by atoms with Crippen molar-refractivity contribution in [2.24, 2.45) is 5.92 Å². The molecule has 0 bridgehead atoms. The highest BCUT2D eigenvalue weighted by molar-refractivity contribution is 5.19. The van der Waals surface area contributed by atoms with Crippen LogP contribution in [0.4, 0.5) is 0 Å². The maximum atomic E-state index is 3.63. The van der Waals surface area contributed by atoms with Gasteiger partial charge in [0, 0.05) is 18.6 Å². The van der Waals surface area contributed by atoms with Gasteiger partial charge < -0.3 is 5.32 Å². The van der Waals surface area contributed by atoms with E-state index in [0.29, 0.717) is 12.1 Å². The molecule has 1 heterocycles. The zero-order valence-corrected chi connectivity index (χ0v) is 13.3. The minimum Gasteiger partial charge on any atom is -0.313 e. The van der Waals surface area contributed by atoms with Crippen LogP contribution in [0.15, 0.2) is 30.3 Å². The molecule has 2 nitrogen and oxygen atoms in total. The van der Waals surface area contributed by atoms with Gasteiger partial charge in [-0.15, -0.1) is 0 Å². The van der Waals surface area contributed by atoms with Gasteiger partial charge in [0.25, 0.3) is 0 Å². The fraction of sp³-hybridized carbons (Fsp3) is 0.667. The largest absolute Gasteiger partial charge is 0.313 e. The van der Waals surface area contributed by atoms with E-state index in [4.69, 9.17) is 0 Å². The molecule has 2 heteroatoms. The van der Waals surface area contributed by atoms with Crippen molar-refractivity contribution in [1.82, 2.24) is 10.2 Å². The highest BCUT2D eigenvalue weighted by Gasteiger charge is 2.22. The van der Waals surface area contributed by atoms with Crippen LogP contribution in [0.3, 0.4) is 0 Å². The number of hydrogen-bond donors (Lipinski definition) is 1. The molecule has 1 fully saturated rings. The second-order valence-electron chi connectivity index (χ2n) is 6.56. The Hall–Kier alpha value is -0.860. The highest BCUT2D eigenvalue weighted by Crippen LogP contribution is 2.25. The van der Waals surface area contributed by atoms with E-state index in [0.717, 1.165) is 12.5 Å². The van der Waals surface area contributed by atoms with Gasteiger partial charge in [-0.2, -0.15) is 0 Å². The van der Waals surface area contributed by atoms with E-state index >= 15 is 0 Å². The van der Waals surface area contributed by atoms with Crippen LogP contribution in [0.5, 0.6) is 0 Å². The average Bonchev–Trinajstić information content (AvgIpc) is 2.65. The first-order valence-electron chi connectivity index (χ1n) is 8.19. The zero-order valence-electron chi connectivity index (χ0n) is 13.3. The van der Waals surface area contributed by atoms with Gasteiger partial charge in [0.05, 0.1) is 0 Å². The van der Waals surface area contributed by atoms with Crippen molar-refractivity contribution in [3.8, 4) is 0 Å². The van der Waals surface area contributed by atoms with E-state index in [2.05, 4.69) is 61.3 Å². The second kappa shape index (κ2) is 7.80. The van der Waals surface area contributed by atoms with Crippen molar-refractivity contribution in [1.29, 1.82) is 0 Å². The standard InChI is InChI=1S/C18H30N2/c1-15(2)19-14-18(17-9-5-4-6-10-17)20-12-7-8-16(3)11-13-20/h4-6,9-10,15-16,18-19H,7-8,11-14H2,1-3H3. The zero-order chi connectivity index (χ0) is 14.4. The molecule has 1 aromatic carbocycles. The first kappa shape index (κ1) is 15.5. The fourth-order valence-corrected chi connectivity index (χ4v) is 3.08. The lowest BCUT2D eigenvalue weighted by atomic mass is 10.0. The van der Waals surface area contributed by atoms with Crippen LogP contribution in [-0.2, 0) is 0 Å². The molecule has 20 heavy (non-hydrogen) atoms. The number of benzene rings is 1. The van der Waals surface area contributed by atoms with Crippen molar-refractivity contribution >= 4 is 0 Å². The fourth-order valence-electron chi connectivity index (χ4n) is 3.08. The minimum absolute atomic E-state index is 0.518. The number of rotatable bonds is 5. The summed E-state index contributed by atoms with van der Waals surface area (Å²) < 4.78 is 0. The number of likely N-dealkylation sites (tertiary alicyclic amines) is 1. The Labute approximate surface area is 124 Å². The molecule has 112 valence electrons. The average molecular weight is 274 g/mol. The number of hydrogen-bond acceptors (Lipinski definition) is 2. The van der Waals surface area contributed by atoms with Crippen molar-refractivity contribution in [2.75, 3.05) is 19.6 Å². The molecule has 1 aromatic rings. The minimum atomic E-state index is 0.518. The third-order valence-electron chi connectivity index (χ3n) is 4.40. The van der Waals surface area contributed by atoms with Gasteiger partial charge in [0.1, 0.15) is 0 Å². The van der Waals surface area contributed by atoms with Crippen LogP contribution in [0.1, 0.15) is 51.6 Å². The molecule has 2 rings (SSSR count). The molecule has 1 aliphatic rings. The lowest BCUT2D eigenvalue weighted by Crippen LogP contribution is -2.38. The van der Waals surface area contributed by atoms with E-state index in [1.807, 2.05) is 0 Å². The molecular weight excluding hydrogens is 244 g/mol. The quantitative estimate of drug-likeness (QED) is 0.877. The molecule has 0 amide bonds. The summed E-state index contributed by atoms with van der Waals surface area (Å²) in [7, 11) is 0. The monoisotopic (exact) mass is 274 g/mol. The molecule has 1 aliphatic heterocycles. The van der Waals surface area contributed by atoms with Gasteiger partial charge in [-0.05, 0) is 43.8 Å². The Kier molecular flexibility index (Phi) is 6.06. The number of nitrogens with one attached hydrogen (secondary N) is 1. The first-order chi connectivity index (χ1) is 9.66. The van der Waals surface area contributed by atoms with Crippen molar-refractivity contribution in [3.05, 3.63) is 35.9 Å². The first-order valence-corrected chi connectivity index (χ1v) is 8.19. The molecular formula is C18H30N2. The van der Waals surface area contributed by atoms with Gasteiger partial charge in [-0.3, -0.25) is 4.90 Å². The van der Waals surface area contributed by atoms with Gasteiger partial charge in [-0.1, -0.05) is 51.1 Å². The second-order valence-corrected chi connectivity index (χ2v) is 6.56. The Balaban J connectivity index is 2.08. The topological polar surface area (TPSA) is 15.3 Å². The van der Waals surface area contributed by atoms with Crippen LogP contribution >= 0.6 is 0 Å². The normalized spacial score (nSPS) is 22.7. The lowest BCUT2D eigenvalue weighted by molar-refractivity contribution is 0.195. The Morgan fingerprint density at radius 2 is 1.90 bits per heavy atom. The lowest BCUT2D eigenvalue weighted by Gasteiger charge is -2.32. The summed E-state index contributed by atoms with van der Waals surface area (Å²) >= 11 is 0. The maximum Gasteiger partial charge on any atom is 0.0472 e. The van der Waals surface area contributed by atoms with Gasteiger partial charge in [-0.25, -0.2) is 0 Å². The summed E-state index contributed by atoms with van der Waals surface area (Å²) in [6.45, 7) is 10.4. The predicted octanol–water partition coefficient (Wildman–Crippen LogP) is 3.85. The Morgan fingerprint density at radius 3 is 2.60 bits per heavy atom. The third-order valence-corrected chi connectivity index (χ3v) is 4.40. The number of nitrogens with zero attached hydrogens (tertiary/aromatic N) is 1. The summed E-state index contributed by atoms with van der Waals surface area (Å²) in [6, 6.07) is 12.1. The summed E-state index contributed by atoms with van der Waals surface area (Å²) in [5, 5.41) is 3.63. The van der Waals surface area contributed by atoms with Crippen molar-refractivity contribution in [3.63, 3.8) is 0 Å². The summed E-state index contributed by atoms with van der Waals surface area (Å²) in [5.41, 5.74) is 1.45. The molecule has 0 aliphatic carbocycles. The van der Waals surface area contributed by atoms with E-state index < -0.39 is 0 Å². The maximum absolute atomic E-state index is 3.63. The molecule has 0 aromatic heterocycles. The molecule has 0 saturated carbocycles. The Morgan fingerprint density at radius 1 is 1.15 bits per heavy atom. The van der Waals surface area contributed by atoms with Gasteiger partial charge in [0.15, 0.2) is 0 Å². The highest BCUT2D eigenvalue weighted by atomic mass is 15.2. The molecule has 1 N–H and O–H groups in total.